The first kappa shape index (κ1) is 22.6. The number of fused-ring (bicyclic) bond motifs is 1. The van der Waals surface area contributed by atoms with Crippen molar-refractivity contribution in [3.63, 3.8) is 0 Å². The number of likely N-dealkylation sites (tertiary alicyclic amines) is 1. The molecule has 4 rings (SSSR count). The van der Waals surface area contributed by atoms with E-state index in [0.717, 1.165) is 16.5 Å². The summed E-state index contributed by atoms with van der Waals surface area (Å²) in [6, 6.07) is 12.8. The predicted molar refractivity (Wildman–Crippen MR) is 124 cm³/mol. The highest BCUT2D eigenvalue weighted by Crippen LogP contribution is 2.36. The molecule has 0 aliphatic carbocycles. The Labute approximate surface area is 191 Å². The molecule has 0 bridgehead atoms. The van der Waals surface area contributed by atoms with Crippen LogP contribution in [0.4, 0.5) is 0 Å². The molecule has 0 unspecified atom stereocenters. The largest absolute Gasteiger partial charge is 0.496 e. The molecule has 1 aromatic heterocycles. The number of nitrogens with zero attached hydrogens (tertiary/aromatic N) is 1. The number of rotatable bonds is 5. The van der Waals surface area contributed by atoms with Crippen molar-refractivity contribution in [2.45, 2.75) is 38.5 Å². The normalized spacial score (nSPS) is 15.4. The summed E-state index contributed by atoms with van der Waals surface area (Å²) < 4.78 is 10.9. The number of hydrogen-bond donors (Lipinski definition) is 1. The van der Waals surface area contributed by atoms with Gasteiger partial charge >= 0.3 is 11.6 Å². The zero-order valence-corrected chi connectivity index (χ0v) is 19.0. The fourth-order valence-corrected chi connectivity index (χ4v) is 4.78. The lowest BCUT2D eigenvalue weighted by molar-refractivity contribution is -0.148. The maximum absolute atomic E-state index is 13.1. The summed E-state index contributed by atoms with van der Waals surface area (Å²) in [6.45, 7) is 4.26. The highest BCUT2D eigenvalue weighted by atomic mass is 16.5. The van der Waals surface area contributed by atoms with Gasteiger partial charge in [-0.3, -0.25) is 9.59 Å². The van der Waals surface area contributed by atoms with Crippen LogP contribution in [0.1, 0.15) is 35.1 Å². The zero-order valence-electron chi connectivity index (χ0n) is 19.0. The van der Waals surface area contributed by atoms with E-state index >= 15 is 0 Å². The number of ether oxygens (including phenoxy) is 1. The average Bonchev–Trinajstić information content (AvgIpc) is 2.83. The van der Waals surface area contributed by atoms with Crippen LogP contribution in [0.5, 0.6) is 5.75 Å². The number of methoxy groups -OCH3 is 1. The molecule has 0 saturated carbocycles. The van der Waals surface area contributed by atoms with Gasteiger partial charge in [-0.1, -0.05) is 30.3 Å². The lowest BCUT2D eigenvalue weighted by atomic mass is 9.73. The Morgan fingerprint density at radius 1 is 1.06 bits per heavy atom. The van der Waals surface area contributed by atoms with E-state index in [2.05, 4.69) is 0 Å². The third-order valence-corrected chi connectivity index (χ3v) is 6.91. The molecule has 3 aromatic rings. The molecular formula is C26H27NO6. The van der Waals surface area contributed by atoms with Gasteiger partial charge in [0, 0.05) is 24.0 Å². The second-order valence-electron chi connectivity index (χ2n) is 8.57. The molecule has 0 spiro atoms. The standard InChI is InChI=1S/C26H27NO6/c1-16-19-9-10-21(32-3)17(2)23(19)33-24(29)20(16)15-22(28)27-13-11-26(12-14-27,25(30)31)18-7-5-4-6-8-18/h4-10H,11-15H2,1-3H3,(H,30,31). The topological polar surface area (TPSA) is 97.0 Å². The Balaban J connectivity index is 1.56. The van der Waals surface area contributed by atoms with Crippen molar-refractivity contribution in [1.29, 1.82) is 0 Å². The van der Waals surface area contributed by atoms with Gasteiger partial charge in [0.05, 0.1) is 24.5 Å². The fraction of sp³-hybridized carbons (Fsp3) is 0.346. The van der Waals surface area contributed by atoms with E-state index in [-0.39, 0.29) is 12.3 Å². The Morgan fingerprint density at radius 3 is 2.33 bits per heavy atom. The van der Waals surface area contributed by atoms with Crippen LogP contribution in [-0.2, 0) is 21.4 Å². The van der Waals surface area contributed by atoms with Gasteiger partial charge in [-0.15, -0.1) is 0 Å². The minimum atomic E-state index is -1.01. The van der Waals surface area contributed by atoms with Crippen LogP contribution in [0, 0.1) is 13.8 Å². The van der Waals surface area contributed by atoms with E-state index < -0.39 is 17.0 Å². The molecule has 172 valence electrons. The Kier molecular flexibility index (Phi) is 5.97. The smallest absolute Gasteiger partial charge is 0.340 e. The first-order valence-corrected chi connectivity index (χ1v) is 10.9. The van der Waals surface area contributed by atoms with Gasteiger partial charge in [-0.05, 0) is 49.9 Å². The number of carbonyl (C=O) groups excluding carboxylic acids is 1. The van der Waals surface area contributed by atoms with Crippen LogP contribution in [0.3, 0.4) is 0 Å². The number of piperidine rings is 1. The minimum absolute atomic E-state index is 0.0827. The quantitative estimate of drug-likeness (QED) is 0.598. The summed E-state index contributed by atoms with van der Waals surface area (Å²) in [7, 11) is 1.56. The van der Waals surface area contributed by atoms with Gasteiger partial charge < -0.3 is 19.2 Å². The predicted octanol–water partition coefficient (Wildman–Crippen LogP) is 3.61. The molecule has 1 aliphatic heterocycles. The maximum atomic E-state index is 13.1. The van der Waals surface area contributed by atoms with Gasteiger partial charge in [0.2, 0.25) is 5.91 Å². The van der Waals surface area contributed by atoms with Crippen LogP contribution in [-0.4, -0.2) is 42.1 Å². The SMILES string of the molecule is COc1ccc2c(C)c(CC(=O)N3CCC(C(=O)O)(c4ccccc4)CC3)c(=O)oc2c1C. The van der Waals surface area contributed by atoms with E-state index in [4.69, 9.17) is 9.15 Å². The molecular weight excluding hydrogens is 422 g/mol. The number of aryl methyl sites for hydroxylation is 2. The molecule has 33 heavy (non-hydrogen) atoms. The van der Waals surface area contributed by atoms with E-state index in [1.807, 2.05) is 56.3 Å². The maximum Gasteiger partial charge on any atom is 0.340 e. The minimum Gasteiger partial charge on any atom is -0.496 e. The number of carboxylic acids is 1. The third kappa shape index (κ3) is 3.88. The van der Waals surface area contributed by atoms with Gasteiger partial charge in [0.25, 0.3) is 0 Å². The van der Waals surface area contributed by atoms with Crippen LogP contribution in [0.15, 0.2) is 51.7 Å². The Hall–Kier alpha value is -3.61. The first-order valence-electron chi connectivity index (χ1n) is 10.9. The van der Waals surface area contributed by atoms with Crippen molar-refractivity contribution in [1.82, 2.24) is 4.90 Å². The summed E-state index contributed by atoms with van der Waals surface area (Å²) in [5.74, 6) is -0.456. The molecule has 1 N–H and O–H groups in total. The summed E-state index contributed by atoms with van der Waals surface area (Å²) in [6.07, 6.45) is 0.561. The second kappa shape index (κ2) is 8.73. The fourth-order valence-electron chi connectivity index (χ4n) is 4.78. The summed E-state index contributed by atoms with van der Waals surface area (Å²) in [4.78, 5) is 39.6. The number of hydrogen-bond acceptors (Lipinski definition) is 5. The Morgan fingerprint density at radius 2 is 1.73 bits per heavy atom. The first-order chi connectivity index (χ1) is 15.8. The molecule has 7 heteroatoms. The molecule has 1 amide bonds. The van der Waals surface area contributed by atoms with Crippen LogP contribution < -0.4 is 10.4 Å². The van der Waals surface area contributed by atoms with Crippen molar-refractivity contribution in [3.05, 3.63) is 75.1 Å². The number of amides is 1. The van der Waals surface area contributed by atoms with Crippen molar-refractivity contribution >= 4 is 22.8 Å². The van der Waals surface area contributed by atoms with Gasteiger partial charge in [0.15, 0.2) is 0 Å². The second-order valence-corrected chi connectivity index (χ2v) is 8.57. The van der Waals surface area contributed by atoms with Crippen molar-refractivity contribution in [2.24, 2.45) is 0 Å². The number of carboxylic acid groups (broad SMARTS) is 1. The highest BCUT2D eigenvalue weighted by molar-refractivity contribution is 5.88. The average molecular weight is 450 g/mol. The molecule has 1 saturated heterocycles. The zero-order chi connectivity index (χ0) is 23.8. The van der Waals surface area contributed by atoms with Crippen LogP contribution >= 0.6 is 0 Å². The Bertz CT molecular complexity index is 1270. The van der Waals surface area contributed by atoms with E-state index in [1.165, 1.54) is 0 Å². The summed E-state index contributed by atoms with van der Waals surface area (Å²) >= 11 is 0. The van der Waals surface area contributed by atoms with Crippen molar-refractivity contribution in [3.8, 4) is 5.75 Å². The summed E-state index contributed by atoms with van der Waals surface area (Å²) in [5.41, 5.74) is 1.44. The molecule has 1 aliphatic rings. The van der Waals surface area contributed by atoms with Gasteiger partial charge in [0.1, 0.15) is 11.3 Å². The lowest BCUT2D eigenvalue weighted by Crippen LogP contribution is -2.49. The number of aliphatic carboxylic acids is 1. The third-order valence-electron chi connectivity index (χ3n) is 6.91. The van der Waals surface area contributed by atoms with Gasteiger partial charge in [-0.25, -0.2) is 4.79 Å². The summed E-state index contributed by atoms with van der Waals surface area (Å²) in [5, 5.41) is 10.7. The van der Waals surface area contributed by atoms with Crippen molar-refractivity contribution in [2.75, 3.05) is 20.2 Å². The van der Waals surface area contributed by atoms with E-state index in [0.29, 0.717) is 48.4 Å². The van der Waals surface area contributed by atoms with Crippen molar-refractivity contribution < 1.29 is 23.8 Å². The lowest BCUT2D eigenvalue weighted by Gasteiger charge is -2.39. The van der Waals surface area contributed by atoms with Gasteiger partial charge in [-0.2, -0.15) is 0 Å². The van der Waals surface area contributed by atoms with Crippen LogP contribution in [0.2, 0.25) is 0 Å². The van der Waals surface area contributed by atoms with E-state index in [1.54, 1.807) is 12.0 Å². The highest BCUT2D eigenvalue weighted by Gasteiger charge is 2.43. The molecule has 0 radical (unpaired) electrons. The molecule has 0 atom stereocenters. The molecule has 7 nitrogen and oxygen atoms in total. The number of carbonyl (C=O) groups is 2. The molecule has 2 heterocycles. The monoisotopic (exact) mass is 449 g/mol. The number of benzene rings is 2. The molecule has 1 fully saturated rings. The molecule has 2 aromatic carbocycles. The van der Waals surface area contributed by atoms with Crippen LogP contribution in [0.25, 0.3) is 11.0 Å². The van der Waals surface area contributed by atoms with E-state index in [9.17, 15) is 19.5 Å².